The van der Waals surface area contributed by atoms with Crippen molar-refractivity contribution in [1.82, 2.24) is 5.32 Å². The van der Waals surface area contributed by atoms with E-state index in [1.54, 1.807) is 0 Å². The molecule has 1 rings (SSSR count). The van der Waals surface area contributed by atoms with Crippen LogP contribution in [0.15, 0.2) is 0 Å². The van der Waals surface area contributed by atoms with E-state index in [0.717, 1.165) is 32.6 Å². The van der Waals surface area contributed by atoms with Gasteiger partial charge in [0, 0.05) is 12.6 Å². The molecule has 3 nitrogen and oxygen atoms in total. The predicted molar refractivity (Wildman–Crippen MR) is 57.3 cm³/mol. The Labute approximate surface area is 86.8 Å². The van der Waals surface area contributed by atoms with E-state index < -0.39 is 0 Å². The number of aliphatic hydroxyl groups excluding tert-OH is 1. The van der Waals surface area contributed by atoms with Crippen LogP contribution >= 0.6 is 0 Å². The number of hydrogen-bond acceptors (Lipinski definition) is 3. The molecule has 3 unspecified atom stereocenters. The molecule has 14 heavy (non-hydrogen) atoms. The van der Waals surface area contributed by atoms with Crippen molar-refractivity contribution in [2.24, 2.45) is 5.92 Å². The van der Waals surface area contributed by atoms with Crippen LogP contribution in [0.5, 0.6) is 0 Å². The first-order chi connectivity index (χ1) is 6.74. The van der Waals surface area contributed by atoms with Crippen LogP contribution in [-0.2, 0) is 4.74 Å². The highest BCUT2D eigenvalue weighted by molar-refractivity contribution is 4.78. The van der Waals surface area contributed by atoms with E-state index in [1.165, 1.54) is 6.42 Å². The Morgan fingerprint density at radius 3 is 2.86 bits per heavy atom. The van der Waals surface area contributed by atoms with Crippen LogP contribution in [0.25, 0.3) is 0 Å². The van der Waals surface area contributed by atoms with E-state index in [2.05, 4.69) is 12.2 Å². The highest BCUT2D eigenvalue weighted by Gasteiger charge is 2.23. The first-order valence-electron chi connectivity index (χ1n) is 5.73. The molecule has 1 heterocycles. The Morgan fingerprint density at radius 2 is 2.36 bits per heavy atom. The Kier molecular flexibility index (Phi) is 5.45. The summed E-state index contributed by atoms with van der Waals surface area (Å²) in [5.41, 5.74) is 0. The molecule has 84 valence electrons. The molecule has 2 N–H and O–H groups in total. The quantitative estimate of drug-likeness (QED) is 0.677. The van der Waals surface area contributed by atoms with Gasteiger partial charge in [-0.3, -0.25) is 0 Å². The smallest absolute Gasteiger partial charge is 0.0524 e. The second-order valence-corrected chi connectivity index (χ2v) is 4.23. The summed E-state index contributed by atoms with van der Waals surface area (Å²) in [5, 5.41) is 12.6. The van der Waals surface area contributed by atoms with Crippen molar-refractivity contribution >= 4 is 0 Å². The molecule has 0 aromatic heterocycles. The van der Waals surface area contributed by atoms with Gasteiger partial charge >= 0.3 is 0 Å². The van der Waals surface area contributed by atoms with Gasteiger partial charge in [-0.1, -0.05) is 6.92 Å². The molecular weight excluding hydrogens is 178 g/mol. The van der Waals surface area contributed by atoms with E-state index in [4.69, 9.17) is 9.84 Å². The molecule has 0 amide bonds. The molecule has 1 aliphatic rings. The molecule has 0 saturated carbocycles. The zero-order valence-electron chi connectivity index (χ0n) is 9.33. The Hall–Kier alpha value is -0.120. The van der Waals surface area contributed by atoms with Gasteiger partial charge < -0.3 is 15.2 Å². The Bertz CT molecular complexity index is 144. The molecule has 0 aromatic carbocycles. The zero-order valence-corrected chi connectivity index (χ0v) is 9.33. The van der Waals surface area contributed by atoms with Crippen LogP contribution in [0.1, 0.15) is 33.1 Å². The Balaban J connectivity index is 2.17. The van der Waals surface area contributed by atoms with Gasteiger partial charge in [-0.15, -0.1) is 0 Å². The molecule has 3 atom stereocenters. The van der Waals surface area contributed by atoms with Gasteiger partial charge in [0.2, 0.25) is 0 Å². The predicted octanol–water partition coefficient (Wildman–Crippen LogP) is 1.16. The van der Waals surface area contributed by atoms with Crippen molar-refractivity contribution in [1.29, 1.82) is 0 Å². The second kappa shape index (κ2) is 6.38. The first kappa shape index (κ1) is 12.0. The van der Waals surface area contributed by atoms with E-state index in [-0.39, 0.29) is 6.10 Å². The monoisotopic (exact) mass is 201 g/mol. The van der Waals surface area contributed by atoms with Gasteiger partial charge in [0.1, 0.15) is 0 Å². The van der Waals surface area contributed by atoms with Gasteiger partial charge in [0.05, 0.1) is 12.7 Å². The highest BCUT2D eigenvalue weighted by Crippen LogP contribution is 2.18. The number of nitrogens with one attached hydrogen (secondary N) is 1. The van der Waals surface area contributed by atoms with E-state index in [9.17, 15) is 0 Å². The summed E-state index contributed by atoms with van der Waals surface area (Å²) >= 11 is 0. The van der Waals surface area contributed by atoms with Gasteiger partial charge in [-0.2, -0.15) is 0 Å². The number of hydrogen-bond donors (Lipinski definition) is 2. The molecule has 3 heteroatoms. The molecular formula is C11H23NO2. The van der Waals surface area contributed by atoms with Crippen molar-refractivity contribution in [2.75, 3.05) is 19.8 Å². The van der Waals surface area contributed by atoms with Crippen LogP contribution in [0.3, 0.4) is 0 Å². The van der Waals surface area contributed by atoms with Crippen LogP contribution in [0.4, 0.5) is 0 Å². The summed E-state index contributed by atoms with van der Waals surface area (Å²) in [5.74, 6) is 0.675. The van der Waals surface area contributed by atoms with E-state index in [0.29, 0.717) is 12.0 Å². The van der Waals surface area contributed by atoms with Crippen molar-refractivity contribution in [3.05, 3.63) is 0 Å². The lowest BCUT2D eigenvalue weighted by molar-refractivity contribution is 0.167. The zero-order chi connectivity index (χ0) is 10.4. The lowest BCUT2D eigenvalue weighted by Gasteiger charge is -2.22. The Morgan fingerprint density at radius 1 is 1.57 bits per heavy atom. The fourth-order valence-corrected chi connectivity index (χ4v) is 1.99. The molecule has 0 aliphatic carbocycles. The van der Waals surface area contributed by atoms with Gasteiger partial charge in [-0.05, 0) is 38.6 Å². The van der Waals surface area contributed by atoms with Gasteiger partial charge in [0.25, 0.3) is 0 Å². The third-order valence-electron chi connectivity index (χ3n) is 2.94. The minimum absolute atomic E-state index is 0.195. The molecule has 0 bridgehead atoms. The topological polar surface area (TPSA) is 41.5 Å². The van der Waals surface area contributed by atoms with E-state index in [1.807, 2.05) is 6.92 Å². The fraction of sp³-hybridized carbons (Fsp3) is 1.00. The summed E-state index contributed by atoms with van der Waals surface area (Å²) in [4.78, 5) is 0. The van der Waals surface area contributed by atoms with Gasteiger partial charge in [0.15, 0.2) is 0 Å². The van der Waals surface area contributed by atoms with Crippen molar-refractivity contribution < 1.29 is 9.84 Å². The maximum Gasteiger partial charge on any atom is 0.0524 e. The SMILES string of the molecule is CCC(NCCC(C)O)C1CCOC1. The van der Waals surface area contributed by atoms with E-state index >= 15 is 0 Å². The summed E-state index contributed by atoms with van der Waals surface area (Å²) in [6.45, 7) is 6.77. The molecule has 1 saturated heterocycles. The van der Waals surface area contributed by atoms with Crippen molar-refractivity contribution in [2.45, 2.75) is 45.3 Å². The summed E-state index contributed by atoms with van der Waals surface area (Å²) in [6, 6.07) is 0.566. The lowest BCUT2D eigenvalue weighted by atomic mass is 9.97. The van der Waals surface area contributed by atoms with Crippen molar-refractivity contribution in [3.63, 3.8) is 0 Å². The van der Waals surface area contributed by atoms with Crippen LogP contribution in [-0.4, -0.2) is 37.0 Å². The second-order valence-electron chi connectivity index (χ2n) is 4.23. The standard InChI is InChI=1S/C11H23NO2/c1-3-11(10-5-7-14-8-10)12-6-4-9(2)13/h9-13H,3-8H2,1-2H3. The maximum absolute atomic E-state index is 9.14. The van der Waals surface area contributed by atoms with Crippen LogP contribution in [0, 0.1) is 5.92 Å². The summed E-state index contributed by atoms with van der Waals surface area (Å²) in [7, 11) is 0. The number of ether oxygens (including phenoxy) is 1. The largest absolute Gasteiger partial charge is 0.393 e. The lowest BCUT2D eigenvalue weighted by Crippen LogP contribution is -2.37. The fourth-order valence-electron chi connectivity index (χ4n) is 1.99. The summed E-state index contributed by atoms with van der Waals surface area (Å²) < 4.78 is 5.38. The third kappa shape index (κ3) is 3.95. The highest BCUT2D eigenvalue weighted by atomic mass is 16.5. The van der Waals surface area contributed by atoms with Crippen LogP contribution in [0.2, 0.25) is 0 Å². The van der Waals surface area contributed by atoms with Crippen LogP contribution < -0.4 is 5.32 Å². The van der Waals surface area contributed by atoms with Crippen molar-refractivity contribution in [3.8, 4) is 0 Å². The molecule has 0 spiro atoms. The number of aliphatic hydroxyl groups is 1. The minimum Gasteiger partial charge on any atom is -0.393 e. The number of rotatable bonds is 6. The minimum atomic E-state index is -0.195. The first-order valence-corrected chi connectivity index (χ1v) is 5.73. The average Bonchev–Trinajstić information content (AvgIpc) is 2.64. The maximum atomic E-state index is 9.14. The third-order valence-corrected chi connectivity index (χ3v) is 2.94. The average molecular weight is 201 g/mol. The normalized spacial score (nSPS) is 26.4. The molecule has 1 aliphatic heterocycles. The van der Waals surface area contributed by atoms with Gasteiger partial charge in [-0.25, -0.2) is 0 Å². The molecule has 0 aromatic rings. The molecule has 1 fully saturated rings. The molecule has 0 radical (unpaired) electrons. The summed E-state index contributed by atoms with van der Waals surface area (Å²) in [6.07, 6.45) is 2.97.